The third-order valence-electron chi connectivity index (χ3n) is 4.98. The van der Waals surface area contributed by atoms with Crippen molar-refractivity contribution in [1.82, 2.24) is 9.88 Å². The third kappa shape index (κ3) is 1.75. The van der Waals surface area contributed by atoms with Crippen LogP contribution in [0.4, 0.5) is 5.69 Å². The molecule has 5 nitrogen and oxygen atoms in total. The molecule has 118 valence electrons. The number of carbonyl (C=O) groups excluding carboxylic acids is 2. The SMILES string of the molecule is O=C1Nc2ccccc2C(=O)N2Cc3[nH]c4ccccc4c3CC12. The summed E-state index contributed by atoms with van der Waals surface area (Å²) in [4.78, 5) is 30.8. The molecule has 2 amide bonds. The molecule has 24 heavy (non-hydrogen) atoms. The number of nitrogens with zero attached hydrogens (tertiary/aromatic N) is 1. The van der Waals surface area contributed by atoms with E-state index in [2.05, 4.69) is 16.4 Å². The molecule has 2 aliphatic rings. The average Bonchev–Trinajstić information content (AvgIpc) is 2.93. The van der Waals surface area contributed by atoms with Crippen LogP contribution >= 0.6 is 0 Å². The summed E-state index contributed by atoms with van der Waals surface area (Å²) in [5.74, 6) is -0.220. The summed E-state index contributed by atoms with van der Waals surface area (Å²) < 4.78 is 0. The van der Waals surface area contributed by atoms with E-state index in [-0.39, 0.29) is 11.8 Å². The number of hydrogen-bond acceptors (Lipinski definition) is 2. The number of anilines is 1. The van der Waals surface area contributed by atoms with Crippen molar-refractivity contribution in [3.8, 4) is 0 Å². The highest BCUT2D eigenvalue weighted by Crippen LogP contribution is 2.33. The van der Waals surface area contributed by atoms with Gasteiger partial charge in [0.2, 0.25) is 5.91 Å². The zero-order valence-electron chi connectivity index (χ0n) is 12.9. The summed E-state index contributed by atoms with van der Waals surface area (Å²) >= 11 is 0. The lowest BCUT2D eigenvalue weighted by Gasteiger charge is -2.32. The van der Waals surface area contributed by atoms with Crippen molar-refractivity contribution in [2.45, 2.75) is 19.0 Å². The number of fused-ring (bicyclic) bond motifs is 5. The predicted octanol–water partition coefficient (Wildman–Crippen LogP) is 2.69. The Hall–Kier alpha value is -3.08. The molecule has 2 aliphatic heterocycles. The van der Waals surface area contributed by atoms with Crippen LogP contribution < -0.4 is 5.32 Å². The second-order valence-corrected chi connectivity index (χ2v) is 6.32. The van der Waals surface area contributed by atoms with Gasteiger partial charge in [-0.3, -0.25) is 9.59 Å². The lowest BCUT2D eigenvalue weighted by Crippen LogP contribution is -2.48. The van der Waals surface area contributed by atoms with Crippen molar-refractivity contribution in [3.05, 3.63) is 65.4 Å². The van der Waals surface area contributed by atoms with Crippen molar-refractivity contribution in [2.75, 3.05) is 5.32 Å². The van der Waals surface area contributed by atoms with E-state index in [1.165, 1.54) is 0 Å². The third-order valence-corrected chi connectivity index (χ3v) is 4.98. The molecular weight excluding hydrogens is 302 g/mol. The van der Waals surface area contributed by atoms with Crippen molar-refractivity contribution in [2.24, 2.45) is 0 Å². The van der Waals surface area contributed by atoms with Crippen molar-refractivity contribution in [3.63, 3.8) is 0 Å². The minimum absolute atomic E-state index is 0.0988. The summed E-state index contributed by atoms with van der Waals surface area (Å²) in [5.41, 5.74) is 4.35. The van der Waals surface area contributed by atoms with Gasteiger partial charge in [0.25, 0.3) is 5.91 Å². The summed E-state index contributed by atoms with van der Waals surface area (Å²) in [6.45, 7) is 0.426. The molecule has 0 fully saturated rings. The van der Waals surface area contributed by atoms with Gasteiger partial charge < -0.3 is 15.2 Å². The van der Waals surface area contributed by atoms with Gasteiger partial charge in [0.1, 0.15) is 6.04 Å². The molecule has 0 saturated heterocycles. The fraction of sp³-hybridized carbons (Fsp3) is 0.158. The number of amides is 2. The Morgan fingerprint density at radius 2 is 1.79 bits per heavy atom. The van der Waals surface area contributed by atoms with E-state index in [9.17, 15) is 9.59 Å². The highest BCUT2D eigenvalue weighted by Gasteiger charge is 2.39. The first kappa shape index (κ1) is 13.4. The van der Waals surface area contributed by atoms with Crippen LogP contribution in [0.5, 0.6) is 0 Å². The summed E-state index contributed by atoms with van der Waals surface area (Å²) in [5, 5.41) is 4.04. The zero-order chi connectivity index (χ0) is 16.3. The first-order valence-corrected chi connectivity index (χ1v) is 8.02. The van der Waals surface area contributed by atoms with E-state index in [0.717, 1.165) is 22.2 Å². The molecule has 3 aromatic rings. The fourth-order valence-electron chi connectivity index (χ4n) is 3.80. The lowest BCUT2D eigenvalue weighted by atomic mass is 9.96. The predicted molar refractivity (Wildman–Crippen MR) is 90.7 cm³/mol. The first-order chi connectivity index (χ1) is 11.7. The maximum atomic E-state index is 13.0. The Balaban J connectivity index is 1.66. The topological polar surface area (TPSA) is 65.2 Å². The molecule has 0 saturated carbocycles. The normalized spacial score (nSPS) is 19.3. The molecule has 5 rings (SSSR count). The fourth-order valence-corrected chi connectivity index (χ4v) is 3.80. The molecule has 0 aliphatic carbocycles. The molecule has 0 bridgehead atoms. The second kappa shape index (κ2) is 4.71. The van der Waals surface area contributed by atoms with Crippen molar-refractivity contribution >= 4 is 28.4 Å². The second-order valence-electron chi connectivity index (χ2n) is 6.32. The number of H-pyrrole nitrogens is 1. The van der Waals surface area contributed by atoms with Crippen LogP contribution in [-0.4, -0.2) is 27.7 Å². The molecule has 3 heterocycles. The van der Waals surface area contributed by atoms with Crippen LogP contribution in [-0.2, 0) is 17.8 Å². The maximum absolute atomic E-state index is 13.0. The van der Waals surface area contributed by atoms with Gasteiger partial charge in [-0.2, -0.15) is 0 Å². The Bertz CT molecular complexity index is 1000. The van der Waals surface area contributed by atoms with Crippen molar-refractivity contribution in [1.29, 1.82) is 0 Å². The Morgan fingerprint density at radius 1 is 1.00 bits per heavy atom. The highest BCUT2D eigenvalue weighted by molar-refractivity contribution is 6.10. The standard InChI is InChI=1S/C19H15N3O2/c23-18-17-9-13-11-5-1-3-7-14(11)20-16(13)10-22(17)19(24)12-6-2-4-8-15(12)21-18/h1-8,17,20H,9-10H2,(H,21,23). The number of rotatable bonds is 0. The van der Waals surface area contributed by atoms with Crippen LogP contribution in [0.1, 0.15) is 21.6 Å². The van der Waals surface area contributed by atoms with Gasteiger partial charge in [-0.1, -0.05) is 30.3 Å². The lowest BCUT2D eigenvalue weighted by molar-refractivity contribution is -0.120. The molecule has 0 radical (unpaired) electrons. The molecule has 5 heteroatoms. The minimum atomic E-state index is -0.475. The Kier molecular flexibility index (Phi) is 2.62. The largest absolute Gasteiger partial charge is 0.357 e. The van der Waals surface area contributed by atoms with Gasteiger partial charge in [0, 0.05) is 23.0 Å². The number of aromatic amines is 1. The minimum Gasteiger partial charge on any atom is -0.357 e. The monoisotopic (exact) mass is 317 g/mol. The molecule has 2 N–H and O–H groups in total. The van der Waals surface area contributed by atoms with Crippen LogP contribution in [0, 0.1) is 0 Å². The molecule has 1 aromatic heterocycles. The maximum Gasteiger partial charge on any atom is 0.257 e. The number of hydrogen-bond donors (Lipinski definition) is 2. The number of benzene rings is 2. The molecule has 1 atom stereocenters. The van der Waals surface area contributed by atoms with E-state index >= 15 is 0 Å². The van der Waals surface area contributed by atoms with Gasteiger partial charge in [-0.05, 0) is 23.8 Å². The van der Waals surface area contributed by atoms with E-state index in [1.54, 1.807) is 17.0 Å². The molecular formula is C19H15N3O2. The number of nitrogens with one attached hydrogen (secondary N) is 2. The van der Waals surface area contributed by atoms with Crippen LogP contribution in [0.15, 0.2) is 48.5 Å². The Morgan fingerprint density at radius 3 is 2.71 bits per heavy atom. The molecule has 1 unspecified atom stereocenters. The summed E-state index contributed by atoms with van der Waals surface area (Å²) in [6.07, 6.45) is 0.533. The van der Waals surface area contributed by atoms with E-state index < -0.39 is 6.04 Å². The summed E-state index contributed by atoms with van der Waals surface area (Å²) in [6, 6.07) is 14.8. The van der Waals surface area contributed by atoms with Crippen LogP contribution in [0.3, 0.4) is 0 Å². The van der Waals surface area contributed by atoms with Gasteiger partial charge in [0.15, 0.2) is 0 Å². The molecule has 2 aromatic carbocycles. The van der Waals surface area contributed by atoms with Crippen LogP contribution in [0.2, 0.25) is 0 Å². The zero-order valence-corrected chi connectivity index (χ0v) is 12.9. The highest BCUT2D eigenvalue weighted by atomic mass is 16.2. The van der Waals surface area contributed by atoms with Gasteiger partial charge in [0.05, 0.1) is 17.8 Å². The smallest absolute Gasteiger partial charge is 0.257 e. The quantitative estimate of drug-likeness (QED) is 0.669. The van der Waals surface area contributed by atoms with E-state index in [4.69, 9.17) is 0 Å². The first-order valence-electron chi connectivity index (χ1n) is 8.02. The van der Waals surface area contributed by atoms with Crippen molar-refractivity contribution < 1.29 is 9.59 Å². The van der Waals surface area contributed by atoms with Crippen LogP contribution in [0.25, 0.3) is 10.9 Å². The Labute approximate surface area is 138 Å². The van der Waals surface area contributed by atoms with E-state index in [1.807, 2.05) is 30.3 Å². The average molecular weight is 317 g/mol. The number of para-hydroxylation sites is 2. The molecule has 0 spiro atoms. The number of carbonyl (C=O) groups is 2. The van der Waals surface area contributed by atoms with Gasteiger partial charge >= 0.3 is 0 Å². The van der Waals surface area contributed by atoms with E-state index in [0.29, 0.717) is 24.2 Å². The number of aromatic nitrogens is 1. The summed E-state index contributed by atoms with van der Waals surface area (Å²) in [7, 11) is 0. The van der Waals surface area contributed by atoms with Gasteiger partial charge in [-0.15, -0.1) is 0 Å². The van der Waals surface area contributed by atoms with Gasteiger partial charge in [-0.25, -0.2) is 0 Å².